The summed E-state index contributed by atoms with van der Waals surface area (Å²) in [6.07, 6.45) is 1.87. The van der Waals surface area contributed by atoms with Gasteiger partial charge in [0, 0.05) is 62.1 Å². The lowest BCUT2D eigenvalue weighted by Gasteiger charge is -2.30. The molecular formula is C26H25F4N5O2. The summed E-state index contributed by atoms with van der Waals surface area (Å²) in [7, 11) is 3.07. The largest absolute Gasteiger partial charge is 0.342 e. The molecule has 2 amide bonds. The maximum Gasteiger partial charge on any atom is 0.291 e. The minimum Gasteiger partial charge on any atom is -0.342 e. The molecule has 0 unspecified atom stereocenters. The summed E-state index contributed by atoms with van der Waals surface area (Å²) in [5.74, 6) is -5.86. The first-order valence-corrected chi connectivity index (χ1v) is 11.6. The summed E-state index contributed by atoms with van der Waals surface area (Å²) in [5, 5.41) is 2.70. The van der Waals surface area contributed by atoms with Crippen LogP contribution in [-0.2, 0) is 0 Å². The minimum absolute atomic E-state index is 0.00247. The maximum atomic E-state index is 14.8. The fourth-order valence-electron chi connectivity index (χ4n) is 4.30. The highest BCUT2D eigenvalue weighted by Gasteiger charge is 2.37. The van der Waals surface area contributed by atoms with Crippen molar-refractivity contribution in [3.63, 3.8) is 0 Å². The molecule has 0 aliphatic heterocycles. The van der Waals surface area contributed by atoms with Crippen molar-refractivity contribution < 1.29 is 27.2 Å². The zero-order valence-electron chi connectivity index (χ0n) is 20.5. The van der Waals surface area contributed by atoms with Crippen molar-refractivity contribution in [3.05, 3.63) is 71.1 Å². The van der Waals surface area contributed by atoms with Crippen LogP contribution in [0.2, 0.25) is 0 Å². The average molecular weight is 516 g/mol. The van der Waals surface area contributed by atoms with Crippen molar-refractivity contribution in [2.75, 3.05) is 19.4 Å². The van der Waals surface area contributed by atoms with Gasteiger partial charge in [-0.15, -0.1) is 0 Å². The Morgan fingerprint density at radius 1 is 1.03 bits per heavy atom. The topological polar surface area (TPSA) is 88.1 Å². The second-order valence-electron chi connectivity index (χ2n) is 9.27. The van der Waals surface area contributed by atoms with E-state index in [1.807, 2.05) is 0 Å². The zero-order valence-corrected chi connectivity index (χ0v) is 20.5. The van der Waals surface area contributed by atoms with E-state index in [0.29, 0.717) is 11.4 Å². The van der Waals surface area contributed by atoms with Crippen LogP contribution in [0.5, 0.6) is 0 Å². The summed E-state index contributed by atoms with van der Waals surface area (Å²) in [6.45, 7) is 1.65. The van der Waals surface area contributed by atoms with Gasteiger partial charge >= 0.3 is 0 Å². The van der Waals surface area contributed by atoms with E-state index < -0.39 is 35.3 Å². The summed E-state index contributed by atoms with van der Waals surface area (Å²) < 4.78 is 56.7. The second kappa shape index (κ2) is 10.2. The van der Waals surface area contributed by atoms with Crippen LogP contribution in [0.15, 0.2) is 36.7 Å². The van der Waals surface area contributed by atoms with Crippen LogP contribution >= 0.6 is 0 Å². The number of aryl methyl sites for hydroxylation is 1. The quantitative estimate of drug-likeness (QED) is 0.462. The molecule has 1 saturated carbocycles. The summed E-state index contributed by atoms with van der Waals surface area (Å²) in [4.78, 5) is 38.9. The molecule has 194 valence electrons. The van der Waals surface area contributed by atoms with E-state index in [4.69, 9.17) is 0 Å². The summed E-state index contributed by atoms with van der Waals surface area (Å²) in [6, 6.07) is 4.46. The molecular weight excluding hydrogens is 490 g/mol. The van der Waals surface area contributed by atoms with Gasteiger partial charge in [-0.05, 0) is 44.0 Å². The fourth-order valence-corrected chi connectivity index (χ4v) is 4.30. The summed E-state index contributed by atoms with van der Waals surface area (Å²) in [5.41, 5.74) is 0.949. The Balaban J connectivity index is 1.77. The van der Waals surface area contributed by atoms with Gasteiger partial charge in [0.15, 0.2) is 0 Å². The van der Waals surface area contributed by atoms with Crippen LogP contribution in [0.1, 0.15) is 64.0 Å². The Hall–Kier alpha value is -3.89. The van der Waals surface area contributed by atoms with E-state index in [2.05, 4.69) is 20.3 Å². The monoisotopic (exact) mass is 515 g/mol. The normalized spacial score (nSPS) is 15.3. The smallest absolute Gasteiger partial charge is 0.291 e. The van der Waals surface area contributed by atoms with Gasteiger partial charge in [-0.25, -0.2) is 27.5 Å². The predicted octanol–water partition coefficient (Wildman–Crippen LogP) is 5.37. The number of anilines is 1. The molecule has 1 aliphatic rings. The minimum atomic E-state index is -2.79. The molecule has 0 radical (unpaired) electrons. The molecule has 0 saturated heterocycles. The number of halogens is 4. The number of carbonyl (C=O) groups is 2. The van der Waals surface area contributed by atoms with Gasteiger partial charge in [-0.3, -0.25) is 14.6 Å². The highest BCUT2D eigenvalue weighted by Crippen LogP contribution is 2.45. The van der Waals surface area contributed by atoms with Crippen molar-refractivity contribution in [3.8, 4) is 11.1 Å². The lowest BCUT2D eigenvalue weighted by atomic mass is 9.82. The Bertz CT molecular complexity index is 1340. The first kappa shape index (κ1) is 26.2. The third-order valence-electron chi connectivity index (χ3n) is 6.25. The van der Waals surface area contributed by atoms with E-state index in [0.717, 1.165) is 18.2 Å². The van der Waals surface area contributed by atoms with E-state index >= 15 is 0 Å². The Morgan fingerprint density at radius 2 is 1.68 bits per heavy atom. The number of hydrogen-bond acceptors (Lipinski definition) is 5. The number of pyridine rings is 1. The van der Waals surface area contributed by atoms with E-state index in [9.17, 15) is 27.2 Å². The Labute approximate surface area is 211 Å². The molecule has 37 heavy (non-hydrogen) atoms. The molecule has 1 N–H and O–H groups in total. The molecule has 7 nitrogen and oxygen atoms in total. The number of hydrogen-bond donors (Lipinski definition) is 1. The zero-order chi connectivity index (χ0) is 26.9. The number of rotatable bonds is 5. The molecule has 4 rings (SSSR count). The van der Waals surface area contributed by atoms with Crippen molar-refractivity contribution in [1.82, 2.24) is 19.9 Å². The first-order chi connectivity index (χ1) is 17.4. The summed E-state index contributed by atoms with van der Waals surface area (Å²) >= 11 is 0. The molecule has 3 aromatic rings. The van der Waals surface area contributed by atoms with Gasteiger partial charge in [0.1, 0.15) is 11.6 Å². The number of nitrogens with one attached hydrogen (secondary N) is 1. The van der Waals surface area contributed by atoms with E-state index in [1.165, 1.54) is 37.5 Å². The first-order valence-electron chi connectivity index (χ1n) is 11.6. The standard InChI is InChI=1S/C26H25F4N5O2/c1-14-10-19(18-11-17(27)4-5-20(18)28)22(21(33-14)15-6-8-26(29,30)9-7-15)34-24(36)16-12-31-23(32-13-16)25(37)35(2)3/h4-5,10-13,15H,6-9H2,1-3H3,(H,34,36). The molecule has 2 aromatic heterocycles. The molecule has 0 atom stereocenters. The van der Waals surface area contributed by atoms with Crippen molar-refractivity contribution in [1.29, 1.82) is 0 Å². The third-order valence-corrected chi connectivity index (χ3v) is 6.25. The van der Waals surface area contributed by atoms with Crippen molar-refractivity contribution in [2.24, 2.45) is 0 Å². The van der Waals surface area contributed by atoms with Gasteiger partial charge in [-0.1, -0.05) is 0 Å². The molecule has 0 spiro atoms. The van der Waals surface area contributed by atoms with Gasteiger partial charge in [0.2, 0.25) is 11.7 Å². The number of alkyl halides is 2. The lowest BCUT2D eigenvalue weighted by molar-refractivity contribution is -0.0384. The van der Waals surface area contributed by atoms with E-state index in [-0.39, 0.29) is 53.9 Å². The Morgan fingerprint density at radius 3 is 2.30 bits per heavy atom. The van der Waals surface area contributed by atoms with Crippen molar-refractivity contribution in [2.45, 2.75) is 44.4 Å². The van der Waals surface area contributed by atoms with Crippen LogP contribution < -0.4 is 5.32 Å². The highest BCUT2D eigenvalue weighted by molar-refractivity contribution is 6.06. The SMILES string of the molecule is Cc1cc(-c2cc(F)ccc2F)c(NC(=O)c2cnc(C(=O)N(C)C)nc2)c(C2CCC(F)(F)CC2)n1. The third kappa shape index (κ3) is 5.76. The fraction of sp³-hybridized carbons (Fsp3) is 0.346. The maximum absolute atomic E-state index is 14.8. The predicted molar refractivity (Wildman–Crippen MR) is 128 cm³/mol. The van der Waals surface area contributed by atoms with E-state index in [1.54, 1.807) is 6.92 Å². The molecule has 11 heteroatoms. The average Bonchev–Trinajstić information content (AvgIpc) is 2.86. The number of carbonyl (C=O) groups excluding carboxylic acids is 2. The second-order valence-corrected chi connectivity index (χ2v) is 9.27. The van der Waals surface area contributed by atoms with Crippen LogP contribution in [0.25, 0.3) is 11.1 Å². The van der Waals surface area contributed by atoms with Crippen LogP contribution in [0.4, 0.5) is 23.2 Å². The molecule has 1 aliphatic carbocycles. The number of benzene rings is 1. The number of nitrogens with zero attached hydrogens (tertiary/aromatic N) is 4. The molecule has 2 heterocycles. The van der Waals surface area contributed by atoms with Gasteiger partial charge in [0.25, 0.3) is 11.8 Å². The van der Waals surface area contributed by atoms with Gasteiger partial charge in [0.05, 0.1) is 16.9 Å². The lowest BCUT2D eigenvalue weighted by Crippen LogP contribution is -2.26. The highest BCUT2D eigenvalue weighted by atomic mass is 19.3. The van der Waals surface area contributed by atoms with Crippen LogP contribution in [0.3, 0.4) is 0 Å². The number of aromatic nitrogens is 3. The molecule has 0 bridgehead atoms. The van der Waals surface area contributed by atoms with Gasteiger partial charge in [-0.2, -0.15) is 0 Å². The molecule has 1 aromatic carbocycles. The molecule has 1 fully saturated rings. The number of amides is 2. The van der Waals surface area contributed by atoms with Crippen LogP contribution in [-0.4, -0.2) is 51.7 Å². The van der Waals surface area contributed by atoms with Crippen LogP contribution in [0, 0.1) is 18.6 Å². The van der Waals surface area contributed by atoms with Gasteiger partial charge < -0.3 is 10.2 Å². The Kier molecular flexibility index (Phi) is 7.24. The van der Waals surface area contributed by atoms with Crippen molar-refractivity contribution >= 4 is 17.5 Å².